The number of halogens is 1. The van der Waals surface area contributed by atoms with Crippen LogP contribution >= 0.6 is 0 Å². The Balaban J connectivity index is 2.00. The highest BCUT2D eigenvalue weighted by molar-refractivity contribution is 5.95. The van der Waals surface area contributed by atoms with Gasteiger partial charge in [-0.1, -0.05) is 12.1 Å². The van der Waals surface area contributed by atoms with E-state index in [0.717, 1.165) is 16.6 Å². The van der Waals surface area contributed by atoms with Crippen LogP contribution in [-0.4, -0.2) is 15.4 Å². The van der Waals surface area contributed by atoms with Crippen LogP contribution in [0.4, 0.5) is 4.39 Å². The van der Waals surface area contributed by atoms with Crippen molar-refractivity contribution in [3.8, 4) is 0 Å². The molecule has 2 aromatic carbocycles. The van der Waals surface area contributed by atoms with Crippen LogP contribution in [0.1, 0.15) is 11.1 Å². The van der Waals surface area contributed by atoms with Crippen LogP contribution in [-0.2, 0) is 6.54 Å². The van der Waals surface area contributed by atoms with Crippen molar-refractivity contribution in [2.45, 2.75) is 6.54 Å². The van der Waals surface area contributed by atoms with Gasteiger partial charge >= 0.3 is 0 Å². The standard InChI is InChI=1S/C15H13FN4/c16-12-6-10(5-11(7-12)15(17)18)8-20-9-19-13-3-1-2-4-14(13)20/h1-7,9H,8H2,(H3,17,18). The summed E-state index contributed by atoms with van der Waals surface area (Å²) in [6.07, 6.45) is 1.73. The molecule has 1 heterocycles. The van der Waals surface area contributed by atoms with Gasteiger partial charge in [-0.3, -0.25) is 5.41 Å². The second-order valence-electron chi connectivity index (χ2n) is 4.62. The predicted molar refractivity (Wildman–Crippen MR) is 76.3 cm³/mol. The zero-order chi connectivity index (χ0) is 14.1. The van der Waals surface area contributed by atoms with Gasteiger partial charge in [0, 0.05) is 12.1 Å². The number of aromatic nitrogens is 2. The van der Waals surface area contributed by atoms with Crippen LogP contribution in [0.3, 0.4) is 0 Å². The highest BCUT2D eigenvalue weighted by Gasteiger charge is 2.06. The molecule has 0 fully saturated rings. The molecule has 0 amide bonds. The number of nitrogens with one attached hydrogen (secondary N) is 1. The van der Waals surface area contributed by atoms with Gasteiger partial charge in [-0.05, 0) is 35.9 Å². The Labute approximate surface area is 115 Å². The van der Waals surface area contributed by atoms with Crippen molar-refractivity contribution in [2.75, 3.05) is 0 Å². The van der Waals surface area contributed by atoms with E-state index in [1.165, 1.54) is 12.1 Å². The Hall–Kier alpha value is -2.69. The number of para-hydroxylation sites is 2. The topological polar surface area (TPSA) is 67.7 Å². The molecule has 0 bridgehead atoms. The monoisotopic (exact) mass is 268 g/mol. The van der Waals surface area contributed by atoms with Crippen molar-refractivity contribution in [1.82, 2.24) is 9.55 Å². The van der Waals surface area contributed by atoms with Gasteiger partial charge in [-0.2, -0.15) is 0 Å². The third-order valence-corrected chi connectivity index (χ3v) is 3.15. The summed E-state index contributed by atoms with van der Waals surface area (Å²) in [5, 5.41) is 7.40. The second kappa shape index (κ2) is 4.77. The van der Waals surface area contributed by atoms with Crippen LogP contribution < -0.4 is 5.73 Å². The lowest BCUT2D eigenvalue weighted by Crippen LogP contribution is -2.12. The van der Waals surface area contributed by atoms with Crippen molar-refractivity contribution in [3.05, 3.63) is 65.7 Å². The van der Waals surface area contributed by atoms with Crippen LogP contribution in [0.25, 0.3) is 11.0 Å². The Morgan fingerprint density at radius 2 is 2.05 bits per heavy atom. The molecule has 4 nitrogen and oxygen atoms in total. The third kappa shape index (κ3) is 2.25. The molecule has 3 rings (SSSR count). The van der Waals surface area contributed by atoms with Crippen molar-refractivity contribution in [2.24, 2.45) is 5.73 Å². The van der Waals surface area contributed by atoms with Gasteiger partial charge in [-0.25, -0.2) is 9.37 Å². The average Bonchev–Trinajstić information content (AvgIpc) is 2.82. The molecular formula is C15H13FN4. The van der Waals surface area contributed by atoms with E-state index in [4.69, 9.17) is 11.1 Å². The zero-order valence-corrected chi connectivity index (χ0v) is 10.7. The van der Waals surface area contributed by atoms with E-state index in [9.17, 15) is 4.39 Å². The first kappa shape index (κ1) is 12.3. The lowest BCUT2D eigenvalue weighted by Gasteiger charge is -2.07. The minimum absolute atomic E-state index is 0.138. The van der Waals surface area contributed by atoms with Crippen LogP contribution in [0, 0.1) is 11.2 Å². The maximum Gasteiger partial charge on any atom is 0.124 e. The van der Waals surface area contributed by atoms with E-state index >= 15 is 0 Å². The maximum absolute atomic E-state index is 13.6. The Morgan fingerprint density at radius 1 is 1.25 bits per heavy atom. The summed E-state index contributed by atoms with van der Waals surface area (Å²) in [6.45, 7) is 0.485. The van der Waals surface area contributed by atoms with E-state index in [0.29, 0.717) is 12.1 Å². The zero-order valence-electron chi connectivity index (χ0n) is 10.7. The van der Waals surface area contributed by atoms with Gasteiger partial charge in [0.2, 0.25) is 0 Å². The molecule has 0 saturated heterocycles. The van der Waals surface area contributed by atoms with Crippen molar-refractivity contribution in [1.29, 1.82) is 5.41 Å². The molecule has 100 valence electrons. The van der Waals surface area contributed by atoms with Gasteiger partial charge in [0.25, 0.3) is 0 Å². The van der Waals surface area contributed by atoms with Crippen LogP contribution in [0.5, 0.6) is 0 Å². The fourth-order valence-electron chi connectivity index (χ4n) is 2.23. The second-order valence-corrected chi connectivity index (χ2v) is 4.62. The first-order chi connectivity index (χ1) is 9.63. The SMILES string of the molecule is N=C(N)c1cc(F)cc(Cn2cnc3ccccc32)c1. The predicted octanol–water partition coefficient (Wildman–Crippen LogP) is 2.51. The van der Waals surface area contributed by atoms with Gasteiger partial charge in [0.1, 0.15) is 11.7 Å². The first-order valence-electron chi connectivity index (χ1n) is 6.17. The molecule has 0 aliphatic carbocycles. The Morgan fingerprint density at radius 3 is 2.85 bits per heavy atom. The molecule has 0 saturated carbocycles. The maximum atomic E-state index is 13.6. The number of nitrogens with two attached hydrogens (primary N) is 1. The Kier molecular flexibility index (Phi) is 2.95. The number of nitrogen functional groups attached to an aromatic ring is 1. The summed E-state index contributed by atoms with van der Waals surface area (Å²) in [4.78, 5) is 4.30. The van der Waals surface area contributed by atoms with Crippen molar-refractivity contribution in [3.63, 3.8) is 0 Å². The summed E-state index contributed by atoms with van der Waals surface area (Å²) in [7, 11) is 0. The molecule has 5 heteroatoms. The highest BCUT2D eigenvalue weighted by Crippen LogP contribution is 2.16. The number of amidine groups is 1. The quantitative estimate of drug-likeness (QED) is 0.566. The van der Waals surface area contributed by atoms with Gasteiger partial charge in [-0.15, -0.1) is 0 Å². The normalized spacial score (nSPS) is 10.8. The lowest BCUT2D eigenvalue weighted by molar-refractivity contribution is 0.623. The van der Waals surface area contributed by atoms with Gasteiger partial charge in [0.05, 0.1) is 17.4 Å². The summed E-state index contributed by atoms with van der Waals surface area (Å²) < 4.78 is 15.5. The van der Waals surface area contributed by atoms with Crippen LogP contribution in [0.15, 0.2) is 48.8 Å². The summed E-state index contributed by atoms with van der Waals surface area (Å²) in [5.74, 6) is -0.529. The van der Waals surface area contributed by atoms with Gasteiger partial charge in [0.15, 0.2) is 0 Å². The Bertz CT molecular complexity index is 791. The van der Waals surface area contributed by atoms with Crippen molar-refractivity contribution < 1.29 is 4.39 Å². The van der Waals surface area contributed by atoms with E-state index < -0.39 is 5.82 Å². The first-order valence-corrected chi connectivity index (χ1v) is 6.17. The van der Waals surface area contributed by atoms with E-state index in [1.807, 2.05) is 28.8 Å². The summed E-state index contributed by atoms with van der Waals surface area (Å²) >= 11 is 0. The summed E-state index contributed by atoms with van der Waals surface area (Å²) in [5.41, 5.74) is 8.44. The molecule has 0 atom stereocenters. The fourth-order valence-corrected chi connectivity index (χ4v) is 2.23. The summed E-state index contributed by atoms with van der Waals surface area (Å²) in [6, 6.07) is 12.2. The molecule has 0 aliphatic rings. The average molecular weight is 268 g/mol. The molecule has 20 heavy (non-hydrogen) atoms. The molecule has 0 aliphatic heterocycles. The largest absolute Gasteiger partial charge is 0.384 e. The van der Waals surface area contributed by atoms with E-state index in [-0.39, 0.29) is 5.84 Å². The third-order valence-electron chi connectivity index (χ3n) is 3.15. The number of benzene rings is 2. The van der Waals surface area contributed by atoms with E-state index in [1.54, 1.807) is 12.4 Å². The molecule has 3 aromatic rings. The molecule has 1 aromatic heterocycles. The van der Waals surface area contributed by atoms with Crippen LogP contribution in [0.2, 0.25) is 0 Å². The molecule has 0 spiro atoms. The molecule has 0 unspecified atom stereocenters. The van der Waals surface area contributed by atoms with E-state index in [2.05, 4.69) is 4.98 Å². The van der Waals surface area contributed by atoms with Crippen molar-refractivity contribution >= 4 is 16.9 Å². The number of nitrogens with zero attached hydrogens (tertiary/aromatic N) is 2. The number of hydrogen-bond acceptors (Lipinski definition) is 2. The fraction of sp³-hybridized carbons (Fsp3) is 0.0667. The molecular weight excluding hydrogens is 255 g/mol. The minimum Gasteiger partial charge on any atom is -0.384 e. The lowest BCUT2D eigenvalue weighted by atomic mass is 10.1. The number of hydrogen-bond donors (Lipinski definition) is 2. The molecule has 0 radical (unpaired) electrons. The van der Waals surface area contributed by atoms with Gasteiger partial charge < -0.3 is 10.3 Å². The molecule has 3 N–H and O–H groups in total. The number of rotatable bonds is 3. The number of imidazole rings is 1. The smallest absolute Gasteiger partial charge is 0.124 e. The highest BCUT2D eigenvalue weighted by atomic mass is 19.1. The number of fused-ring (bicyclic) bond motifs is 1. The minimum atomic E-state index is -0.392.